The van der Waals surface area contributed by atoms with Crippen molar-refractivity contribution in [1.29, 1.82) is 0 Å². The molecule has 170 valence electrons. The molecule has 2 N–H and O–H groups in total. The molecule has 0 aromatic heterocycles. The van der Waals surface area contributed by atoms with Crippen LogP contribution in [0.3, 0.4) is 0 Å². The Labute approximate surface area is 184 Å². The normalized spacial score (nSPS) is 53.0. The number of aliphatic hydroxyl groups is 2. The van der Waals surface area contributed by atoms with E-state index >= 15 is 0 Å². The third-order valence-corrected chi connectivity index (χ3v) is 11.3. The Balaban J connectivity index is 1.38. The van der Waals surface area contributed by atoms with Gasteiger partial charge in [-0.3, -0.25) is 4.90 Å². The van der Waals surface area contributed by atoms with Gasteiger partial charge in [0, 0.05) is 19.1 Å². The summed E-state index contributed by atoms with van der Waals surface area (Å²) in [4.78, 5) is 2.61. The fraction of sp³-hybridized carbons (Fsp3) is 0.926. The second-order valence-corrected chi connectivity index (χ2v) is 12.5. The molecule has 10 atom stereocenters. The summed E-state index contributed by atoms with van der Waals surface area (Å²) in [6.45, 7) is 13.5. The van der Waals surface area contributed by atoms with Crippen molar-refractivity contribution in [2.45, 2.75) is 103 Å². The Bertz CT molecular complexity index is 666. The monoisotopic (exact) mass is 415 g/mol. The molecule has 1 heterocycles. The lowest BCUT2D eigenvalue weighted by molar-refractivity contribution is -0.152. The molecule has 0 aromatic rings. The summed E-state index contributed by atoms with van der Waals surface area (Å²) in [6, 6.07) is 0.347. The van der Waals surface area contributed by atoms with Crippen LogP contribution in [-0.2, 0) is 0 Å². The lowest BCUT2D eigenvalue weighted by Crippen LogP contribution is -2.60. The van der Waals surface area contributed by atoms with Gasteiger partial charge in [-0.05, 0) is 112 Å². The zero-order valence-corrected chi connectivity index (χ0v) is 19.7. The summed E-state index contributed by atoms with van der Waals surface area (Å²) < 4.78 is 0. The number of likely N-dealkylation sites (tertiary alicyclic amines) is 1. The van der Waals surface area contributed by atoms with Crippen molar-refractivity contribution in [3.8, 4) is 0 Å². The lowest BCUT2D eigenvalue weighted by atomic mass is 9.44. The van der Waals surface area contributed by atoms with Crippen LogP contribution in [0.2, 0.25) is 0 Å². The maximum Gasteiger partial charge on any atom is 0.0698 e. The van der Waals surface area contributed by atoms with Gasteiger partial charge in [-0.25, -0.2) is 0 Å². The standard InChI is InChI=1S/C27H45NO2/c1-17-10-13-28(14-11-17)24-16-27(4)19(15-25(24)30)5-6-20-22-8-7-21(18(2)29)26(22,3)12-9-23(20)27/h18-25,29-30H,1,5-16H2,2-4H3. The Morgan fingerprint density at radius 2 is 1.70 bits per heavy atom. The molecule has 0 bridgehead atoms. The highest BCUT2D eigenvalue weighted by Crippen LogP contribution is 2.68. The predicted molar refractivity (Wildman–Crippen MR) is 122 cm³/mol. The summed E-state index contributed by atoms with van der Waals surface area (Å²) in [5, 5.41) is 21.6. The first-order valence-corrected chi connectivity index (χ1v) is 13.0. The van der Waals surface area contributed by atoms with Crippen molar-refractivity contribution in [3.05, 3.63) is 12.2 Å². The molecule has 10 unspecified atom stereocenters. The molecule has 5 rings (SSSR count). The average molecular weight is 416 g/mol. The highest BCUT2D eigenvalue weighted by Gasteiger charge is 2.61. The Morgan fingerprint density at radius 1 is 1.00 bits per heavy atom. The molecule has 1 saturated heterocycles. The zero-order chi connectivity index (χ0) is 21.3. The molecular weight excluding hydrogens is 370 g/mol. The minimum absolute atomic E-state index is 0.147. The van der Waals surface area contributed by atoms with E-state index in [0.29, 0.717) is 28.7 Å². The third-order valence-electron chi connectivity index (χ3n) is 11.3. The summed E-state index contributed by atoms with van der Waals surface area (Å²) in [6.07, 6.45) is 12.0. The number of piperidine rings is 1. The highest BCUT2D eigenvalue weighted by atomic mass is 16.3. The summed E-state index contributed by atoms with van der Waals surface area (Å²) in [7, 11) is 0. The van der Waals surface area contributed by atoms with Gasteiger partial charge in [0.1, 0.15) is 0 Å². The number of nitrogens with zero attached hydrogens (tertiary/aromatic N) is 1. The van der Waals surface area contributed by atoms with Crippen LogP contribution in [0.25, 0.3) is 0 Å². The number of rotatable bonds is 2. The van der Waals surface area contributed by atoms with E-state index < -0.39 is 0 Å². The van der Waals surface area contributed by atoms with Crippen molar-refractivity contribution in [1.82, 2.24) is 4.90 Å². The first kappa shape index (κ1) is 21.5. The van der Waals surface area contributed by atoms with E-state index in [9.17, 15) is 10.2 Å². The van der Waals surface area contributed by atoms with E-state index in [1.54, 1.807) is 0 Å². The molecule has 0 spiro atoms. The van der Waals surface area contributed by atoms with Crippen LogP contribution in [0.5, 0.6) is 0 Å². The molecule has 4 saturated carbocycles. The minimum atomic E-state index is -0.161. The average Bonchev–Trinajstić information content (AvgIpc) is 3.06. The second kappa shape index (κ2) is 7.59. The van der Waals surface area contributed by atoms with Gasteiger partial charge in [-0.15, -0.1) is 0 Å². The van der Waals surface area contributed by atoms with E-state index in [2.05, 4.69) is 25.3 Å². The second-order valence-electron chi connectivity index (χ2n) is 12.5. The number of hydrogen-bond donors (Lipinski definition) is 2. The molecule has 4 aliphatic carbocycles. The van der Waals surface area contributed by atoms with E-state index in [4.69, 9.17) is 0 Å². The van der Waals surface area contributed by atoms with Crippen LogP contribution < -0.4 is 0 Å². The van der Waals surface area contributed by atoms with Crippen LogP contribution in [0.15, 0.2) is 12.2 Å². The van der Waals surface area contributed by atoms with Gasteiger partial charge in [0.05, 0.1) is 12.2 Å². The molecule has 3 heteroatoms. The number of hydrogen-bond acceptors (Lipinski definition) is 3. The van der Waals surface area contributed by atoms with E-state index in [1.165, 1.54) is 50.5 Å². The van der Waals surface area contributed by atoms with Crippen molar-refractivity contribution in [2.75, 3.05) is 13.1 Å². The Hall–Kier alpha value is -0.380. The van der Waals surface area contributed by atoms with Gasteiger partial charge in [0.2, 0.25) is 0 Å². The van der Waals surface area contributed by atoms with E-state index in [0.717, 1.165) is 50.1 Å². The van der Waals surface area contributed by atoms with E-state index in [1.807, 2.05) is 6.92 Å². The Kier molecular flexibility index (Phi) is 5.43. The van der Waals surface area contributed by atoms with Crippen LogP contribution in [-0.4, -0.2) is 46.5 Å². The van der Waals surface area contributed by atoms with Crippen molar-refractivity contribution in [3.63, 3.8) is 0 Å². The van der Waals surface area contributed by atoms with Gasteiger partial charge in [0.25, 0.3) is 0 Å². The smallest absolute Gasteiger partial charge is 0.0698 e. The molecule has 0 amide bonds. The molecule has 0 radical (unpaired) electrons. The van der Waals surface area contributed by atoms with Crippen LogP contribution in [0.1, 0.15) is 85.0 Å². The number of fused-ring (bicyclic) bond motifs is 5. The molecular formula is C27H45NO2. The lowest BCUT2D eigenvalue weighted by Gasteiger charge is -2.63. The van der Waals surface area contributed by atoms with E-state index in [-0.39, 0.29) is 12.2 Å². The number of aliphatic hydroxyl groups excluding tert-OH is 2. The molecule has 0 aromatic carbocycles. The summed E-state index contributed by atoms with van der Waals surface area (Å²) in [5.74, 6) is 3.65. The first-order valence-electron chi connectivity index (χ1n) is 13.0. The maximum atomic E-state index is 11.1. The van der Waals surface area contributed by atoms with Crippen LogP contribution >= 0.6 is 0 Å². The van der Waals surface area contributed by atoms with Crippen molar-refractivity contribution < 1.29 is 10.2 Å². The van der Waals surface area contributed by atoms with Gasteiger partial charge in [-0.2, -0.15) is 0 Å². The summed E-state index contributed by atoms with van der Waals surface area (Å²) in [5.41, 5.74) is 2.11. The quantitative estimate of drug-likeness (QED) is 0.623. The molecule has 1 aliphatic heterocycles. The van der Waals surface area contributed by atoms with Crippen molar-refractivity contribution in [2.24, 2.45) is 40.4 Å². The van der Waals surface area contributed by atoms with Gasteiger partial charge < -0.3 is 10.2 Å². The molecule has 5 fully saturated rings. The maximum absolute atomic E-state index is 11.1. The fourth-order valence-electron chi connectivity index (χ4n) is 9.65. The summed E-state index contributed by atoms with van der Waals surface area (Å²) >= 11 is 0. The SMILES string of the molecule is C=C1CCN(C2CC3(C)C(CCC4C3CCC3(C)C(C(C)O)CCC43)CC2O)CC1. The van der Waals surface area contributed by atoms with Gasteiger partial charge in [0.15, 0.2) is 0 Å². The van der Waals surface area contributed by atoms with Crippen LogP contribution in [0, 0.1) is 40.4 Å². The Morgan fingerprint density at radius 3 is 2.40 bits per heavy atom. The first-order chi connectivity index (χ1) is 14.2. The largest absolute Gasteiger partial charge is 0.393 e. The zero-order valence-electron chi connectivity index (χ0n) is 19.7. The van der Waals surface area contributed by atoms with Gasteiger partial charge >= 0.3 is 0 Å². The molecule has 30 heavy (non-hydrogen) atoms. The van der Waals surface area contributed by atoms with Crippen LogP contribution in [0.4, 0.5) is 0 Å². The topological polar surface area (TPSA) is 43.7 Å². The molecule has 5 aliphatic rings. The van der Waals surface area contributed by atoms with Gasteiger partial charge in [-0.1, -0.05) is 26.0 Å². The van der Waals surface area contributed by atoms with Crippen molar-refractivity contribution >= 4 is 0 Å². The fourth-order valence-corrected chi connectivity index (χ4v) is 9.65. The predicted octanol–water partition coefficient (Wildman–Crippen LogP) is 5.02. The minimum Gasteiger partial charge on any atom is -0.393 e. The molecule has 3 nitrogen and oxygen atoms in total. The highest BCUT2D eigenvalue weighted by molar-refractivity contribution is 5.12. The third kappa shape index (κ3) is 3.17.